The summed E-state index contributed by atoms with van der Waals surface area (Å²) in [5.74, 6) is -1.04. The molecule has 3 atom stereocenters. The number of fused-ring (bicyclic) bond motifs is 1. The normalized spacial score (nSPS) is 28.1. The topological polar surface area (TPSA) is 72.9 Å². The van der Waals surface area contributed by atoms with Crippen LogP contribution in [0.5, 0.6) is 0 Å². The van der Waals surface area contributed by atoms with E-state index in [0.29, 0.717) is 38.7 Å². The Morgan fingerprint density at radius 1 is 1.17 bits per heavy atom. The summed E-state index contributed by atoms with van der Waals surface area (Å²) in [5.41, 5.74) is -0.593. The minimum atomic E-state index is -0.593. The number of rotatable bonds is 3. The zero-order valence-electron chi connectivity index (χ0n) is 14.5. The van der Waals surface area contributed by atoms with Crippen LogP contribution in [-0.4, -0.2) is 47.0 Å². The third-order valence-corrected chi connectivity index (χ3v) is 4.36. The Hall–Kier alpha value is -1.59. The lowest BCUT2D eigenvalue weighted by Crippen LogP contribution is -2.49. The molecule has 0 unspecified atom stereocenters. The fourth-order valence-electron chi connectivity index (χ4n) is 3.51. The highest BCUT2D eigenvalue weighted by molar-refractivity contribution is 5.87. The van der Waals surface area contributed by atoms with Gasteiger partial charge in [0, 0.05) is 12.5 Å². The zero-order valence-corrected chi connectivity index (χ0v) is 14.5. The summed E-state index contributed by atoms with van der Waals surface area (Å²) >= 11 is 0. The number of carbonyl (C=O) groups is 3. The molecule has 23 heavy (non-hydrogen) atoms. The molecule has 0 saturated carbocycles. The molecule has 0 aromatic carbocycles. The first kappa shape index (κ1) is 17.8. The molecule has 0 spiro atoms. The lowest BCUT2D eigenvalue weighted by molar-refractivity contribution is -0.165. The molecule has 1 amide bonds. The third-order valence-electron chi connectivity index (χ3n) is 4.36. The Labute approximate surface area is 137 Å². The van der Waals surface area contributed by atoms with Crippen LogP contribution in [0.1, 0.15) is 59.8 Å². The minimum absolute atomic E-state index is 0.0600. The Balaban J connectivity index is 2.19. The maximum absolute atomic E-state index is 12.5. The van der Waals surface area contributed by atoms with Crippen LogP contribution in [0.25, 0.3) is 0 Å². The molecule has 6 nitrogen and oxygen atoms in total. The van der Waals surface area contributed by atoms with E-state index in [2.05, 4.69) is 0 Å². The maximum atomic E-state index is 12.5. The first-order valence-corrected chi connectivity index (χ1v) is 8.45. The molecule has 6 heteroatoms. The van der Waals surface area contributed by atoms with Crippen molar-refractivity contribution in [3.8, 4) is 0 Å². The summed E-state index contributed by atoms with van der Waals surface area (Å²) in [6.45, 7) is 7.52. The van der Waals surface area contributed by atoms with E-state index < -0.39 is 11.6 Å². The van der Waals surface area contributed by atoms with Crippen LogP contribution < -0.4 is 0 Å². The second kappa shape index (κ2) is 6.89. The van der Waals surface area contributed by atoms with Gasteiger partial charge < -0.3 is 14.4 Å². The molecule has 0 N–H and O–H groups in total. The van der Waals surface area contributed by atoms with Crippen molar-refractivity contribution in [2.75, 3.05) is 6.61 Å². The number of esters is 2. The summed E-state index contributed by atoms with van der Waals surface area (Å²) < 4.78 is 10.6. The number of amides is 1. The van der Waals surface area contributed by atoms with E-state index in [-0.39, 0.29) is 29.8 Å². The van der Waals surface area contributed by atoms with Gasteiger partial charge in [-0.2, -0.15) is 0 Å². The Morgan fingerprint density at radius 3 is 2.48 bits per heavy atom. The molecule has 0 bridgehead atoms. The molecule has 130 valence electrons. The molecule has 2 aliphatic rings. The van der Waals surface area contributed by atoms with E-state index in [9.17, 15) is 14.4 Å². The highest BCUT2D eigenvalue weighted by Gasteiger charge is 2.48. The summed E-state index contributed by atoms with van der Waals surface area (Å²) in [5, 5.41) is 0. The molecule has 2 rings (SSSR count). The van der Waals surface area contributed by atoms with Gasteiger partial charge in [-0.1, -0.05) is 0 Å². The van der Waals surface area contributed by atoms with E-state index in [4.69, 9.17) is 9.47 Å². The average Bonchev–Trinajstić information content (AvgIpc) is 2.79. The summed E-state index contributed by atoms with van der Waals surface area (Å²) in [6, 6.07) is -0.830. The van der Waals surface area contributed by atoms with Gasteiger partial charge in [0.15, 0.2) is 0 Å². The van der Waals surface area contributed by atoms with Gasteiger partial charge in [-0.05, 0) is 53.4 Å². The van der Waals surface area contributed by atoms with Gasteiger partial charge >= 0.3 is 11.9 Å². The fraction of sp³-hybridized carbons (Fsp3) is 0.824. The summed E-state index contributed by atoms with van der Waals surface area (Å²) in [7, 11) is 0. The van der Waals surface area contributed by atoms with Crippen molar-refractivity contribution in [3.05, 3.63) is 0 Å². The van der Waals surface area contributed by atoms with E-state index in [1.54, 1.807) is 11.8 Å². The van der Waals surface area contributed by atoms with Crippen molar-refractivity contribution in [3.63, 3.8) is 0 Å². The van der Waals surface area contributed by atoms with Gasteiger partial charge in [-0.25, -0.2) is 4.79 Å². The van der Waals surface area contributed by atoms with Gasteiger partial charge in [0.2, 0.25) is 5.91 Å². The highest BCUT2D eigenvalue weighted by atomic mass is 16.6. The molecule has 0 radical (unpaired) electrons. The lowest BCUT2D eigenvalue weighted by atomic mass is 9.94. The Bertz CT molecular complexity index is 482. The fourth-order valence-corrected chi connectivity index (χ4v) is 3.51. The van der Waals surface area contributed by atoms with Gasteiger partial charge in [-0.15, -0.1) is 0 Å². The monoisotopic (exact) mass is 325 g/mol. The SMILES string of the molecule is CCOC(=O)[C@H]1CCCC(=O)N2[C@H](C(=O)OC(C)(C)C)CC[C@@H]12. The molecule has 2 saturated heterocycles. The predicted octanol–water partition coefficient (Wildman–Crippen LogP) is 2.05. The van der Waals surface area contributed by atoms with E-state index in [0.717, 1.165) is 0 Å². The van der Waals surface area contributed by atoms with E-state index in [1.165, 1.54) is 0 Å². The van der Waals surface area contributed by atoms with Crippen LogP contribution in [0.2, 0.25) is 0 Å². The Kier molecular flexibility index (Phi) is 5.32. The average molecular weight is 325 g/mol. The number of hydrogen-bond donors (Lipinski definition) is 0. The van der Waals surface area contributed by atoms with Crippen molar-refractivity contribution >= 4 is 17.8 Å². The largest absolute Gasteiger partial charge is 0.466 e. The van der Waals surface area contributed by atoms with Crippen molar-refractivity contribution in [2.24, 2.45) is 5.92 Å². The van der Waals surface area contributed by atoms with Crippen LogP contribution >= 0.6 is 0 Å². The van der Waals surface area contributed by atoms with Crippen LogP contribution in [0.4, 0.5) is 0 Å². The van der Waals surface area contributed by atoms with Gasteiger partial charge in [0.05, 0.1) is 12.5 Å². The number of nitrogens with zero attached hydrogens (tertiary/aromatic N) is 1. The minimum Gasteiger partial charge on any atom is -0.466 e. The number of hydrogen-bond acceptors (Lipinski definition) is 5. The molecule has 0 aromatic heterocycles. The molecular weight excluding hydrogens is 298 g/mol. The second-order valence-corrected chi connectivity index (χ2v) is 7.25. The first-order chi connectivity index (χ1) is 10.7. The van der Waals surface area contributed by atoms with Gasteiger partial charge in [-0.3, -0.25) is 9.59 Å². The van der Waals surface area contributed by atoms with Crippen LogP contribution in [0.3, 0.4) is 0 Å². The van der Waals surface area contributed by atoms with Crippen LogP contribution in [0.15, 0.2) is 0 Å². The van der Waals surface area contributed by atoms with Gasteiger partial charge in [0.1, 0.15) is 11.6 Å². The lowest BCUT2D eigenvalue weighted by Gasteiger charge is -2.32. The molecule has 0 aliphatic carbocycles. The summed E-state index contributed by atoms with van der Waals surface area (Å²) in [6.07, 6.45) is 2.83. The smallest absolute Gasteiger partial charge is 0.329 e. The molecular formula is C17H27NO5. The van der Waals surface area contributed by atoms with Crippen molar-refractivity contribution in [1.82, 2.24) is 4.90 Å². The van der Waals surface area contributed by atoms with Crippen LogP contribution in [-0.2, 0) is 23.9 Å². The molecule has 2 fully saturated rings. The maximum Gasteiger partial charge on any atom is 0.329 e. The standard InChI is InChI=1S/C17H27NO5/c1-5-22-15(20)11-7-6-8-14(19)18-12(11)9-10-13(18)16(21)23-17(2,3)4/h11-13H,5-10H2,1-4H3/t11-,12-,13-/m0/s1. The summed E-state index contributed by atoms with van der Waals surface area (Å²) in [4.78, 5) is 38.7. The van der Waals surface area contributed by atoms with Crippen molar-refractivity contribution in [2.45, 2.75) is 77.5 Å². The molecule has 2 aliphatic heterocycles. The molecule has 2 heterocycles. The number of ether oxygens (including phenoxy) is 2. The number of carbonyl (C=O) groups excluding carboxylic acids is 3. The van der Waals surface area contributed by atoms with E-state index >= 15 is 0 Å². The third kappa shape index (κ3) is 4.03. The van der Waals surface area contributed by atoms with E-state index in [1.807, 2.05) is 20.8 Å². The Morgan fingerprint density at radius 2 is 1.87 bits per heavy atom. The zero-order chi connectivity index (χ0) is 17.2. The molecule has 0 aromatic rings. The first-order valence-electron chi connectivity index (χ1n) is 8.45. The quantitative estimate of drug-likeness (QED) is 0.743. The predicted molar refractivity (Wildman–Crippen MR) is 83.5 cm³/mol. The van der Waals surface area contributed by atoms with Crippen molar-refractivity contribution < 1.29 is 23.9 Å². The highest BCUT2D eigenvalue weighted by Crippen LogP contribution is 2.36. The van der Waals surface area contributed by atoms with Gasteiger partial charge in [0.25, 0.3) is 0 Å². The van der Waals surface area contributed by atoms with Crippen molar-refractivity contribution in [1.29, 1.82) is 0 Å². The van der Waals surface area contributed by atoms with Crippen LogP contribution in [0, 0.1) is 5.92 Å². The second-order valence-electron chi connectivity index (χ2n) is 7.25.